The van der Waals surface area contributed by atoms with Crippen molar-refractivity contribution in [2.24, 2.45) is 5.73 Å². The number of carbonyl (C=O) groups excluding carboxylic acids is 2. The molecule has 2 N–H and O–H groups in total. The summed E-state index contributed by atoms with van der Waals surface area (Å²) in [7, 11) is 0. The number of nitrogens with zero attached hydrogens (tertiary/aromatic N) is 1. The van der Waals surface area contributed by atoms with E-state index in [9.17, 15) is 14.0 Å². The lowest BCUT2D eigenvalue weighted by molar-refractivity contribution is -0.142. The average Bonchev–Trinajstić information content (AvgIpc) is 2.67. The molecule has 28 heavy (non-hydrogen) atoms. The second-order valence-corrected chi connectivity index (χ2v) is 6.96. The lowest BCUT2D eigenvalue weighted by Gasteiger charge is -2.42. The van der Waals surface area contributed by atoms with Crippen molar-refractivity contribution in [2.75, 3.05) is 26.3 Å². The fourth-order valence-electron chi connectivity index (χ4n) is 3.31. The van der Waals surface area contributed by atoms with Gasteiger partial charge in [0.15, 0.2) is 0 Å². The predicted octanol–water partition coefficient (Wildman–Crippen LogP) is 2.30. The highest BCUT2D eigenvalue weighted by Crippen LogP contribution is 2.26. The Morgan fingerprint density at radius 1 is 1.21 bits per heavy atom. The molecule has 1 heterocycles. The highest BCUT2D eigenvalue weighted by Gasteiger charge is 2.41. The average molecular weight is 386 g/mol. The van der Waals surface area contributed by atoms with Gasteiger partial charge in [-0.3, -0.25) is 9.59 Å². The summed E-state index contributed by atoms with van der Waals surface area (Å²) >= 11 is 0. The summed E-state index contributed by atoms with van der Waals surface area (Å²) in [5, 5.41) is 0. The lowest BCUT2D eigenvalue weighted by Crippen LogP contribution is -2.58. The Morgan fingerprint density at radius 2 is 1.93 bits per heavy atom. The molecule has 3 rings (SSSR count). The predicted molar refractivity (Wildman–Crippen MR) is 101 cm³/mol. The minimum absolute atomic E-state index is 0.0130. The SMILES string of the molecule is Cc1ccccc1C(=O)N1CCO[C@@](COc2ccc(F)cc2)(CC(N)=O)C1. The molecule has 7 heteroatoms. The van der Waals surface area contributed by atoms with Crippen LogP contribution in [0.1, 0.15) is 22.3 Å². The van der Waals surface area contributed by atoms with E-state index in [1.165, 1.54) is 24.3 Å². The van der Waals surface area contributed by atoms with Crippen LogP contribution in [0.4, 0.5) is 4.39 Å². The van der Waals surface area contributed by atoms with Crippen molar-refractivity contribution in [3.63, 3.8) is 0 Å². The van der Waals surface area contributed by atoms with Crippen LogP contribution in [0.25, 0.3) is 0 Å². The van der Waals surface area contributed by atoms with Gasteiger partial charge in [0.2, 0.25) is 5.91 Å². The summed E-state index contributed by atoms with van der Waals surface area (Å²) in [6.45, 7) is 2.73. The zero-order chi connectivity index (χ0) is 20.1. The molecular formula is C21H23FN2O4. The molecule has 6 nitrogen and oxygen atoms in total. The molecule has 0 saturated carbocycles. The summed E-state index contributed by atoms with van der Waals surface area (Å²) < 4.78 is 24.7. The van der Waals surface area contributed by atoms with E-state index in [0.717, 1.165) is 5.56 Å². The van der Waals surface area contributed by atoms with Crippen molar-refractivity contribution >= 4 is 11.8 Å². The largest absolute Gasteiger partial charge is 0.490 e. The zero-order valence-corrected chi connectivity index (χ0v) is 15.7. The molecule has 0 bridgehead atoms. The van der Waals surface area contributed by atoms with Crippen LogP contribution in [0.15, 0.2) is 48.5 Å². The number of halogens is 1. The number of morpholine rings is 1. The molecule has 1 saturated heterocycles. The number of hydrogen-bond donors (Lipinski definition) is 1. The number of nitrogens with two attached hydrogens (primary N) is 1. The van der Waals surface area contributed by atoms with Crippen LogP contribution in [-0.2, 0) is 9.53 Å². The fraction of sp³-hybridized carbons (Fsp3) is 0.333. The number of aryl methyl sites for hydroxylation is 1. The van der Waals surface area contributed by atoms with E-state index in [2.05, 4.69) is 0 Å². The van der Waals surface area contributed by atoms with Gasteiger partial charge in [-0.25, -0.2) is 4.39 Å². The Morgan fingerprint density at radius 3 is 2.61 bits per heavy atom. The van der Waals surface area contributed by atoms with Crippen LogP contribution in [-0.4, -0.2) is 48.6 Å². The molecule has 1 fully saturated rings. The zero-order valence-electron chi connectivity index (χ0n) is 15.7. The number of amides is 2. The minimum Gasteiger partial charge on any atom is -0.490 e. The van der Waals surface area contributed by atoms with Crippen LogP contribution in [0.5, 0.6) is 5.75 Å². The van der Waals surface area contributed by atoms with Crippen molar-refractivity contribution < 1.29 is 23.5 Å². The first-order valence-corrected chi connectivity index (χ1v) is 9.04. The van der Waals surface area contributed by atoms with Gasteiger partial charge in [-0.05, 0) is 42.8 Å². The van der Waals surface area contributed by atoms with E-state index in [1.807, 2.05) is 25.1 Å². The maximum atomic E-state index is 13.1. The minimum atomic E-state index is -1.06. The number of primary amides is 1. The van der Waals surface area contributed by atoms with E-state index in [-0.39, 0.29) is 37.9 Å². The first-order valence-electron chi connectivity index (χ1n) is 9.04. The molecule has 1 aliphatic heterocycles. The van der Waals surface area contributed by atoms with Gasteiger partial charge < -0.3 is 20.1 Å². The molecule has 148 valence electrons. The second kappa shape index (κ2) is 8.39. The summed E-state index contributed by atoms with van der Waals surface area (Å²) in [5.41, 5.74) is 5.85. The van der Waals surface area contributed by atoms with Crippen molar-refractivity contribution in [2.45, 2.75) is 18.9 Å². The van der Waals surface area contributed by atoms with Gasteiger partial charge in [-0.2, -0.15) is 0 Å². The first-order chi connectivity index (χ1) is 13.4. The third kappa shape index (κ3) is 4.67. The summed E-state index contributed by atoms with van der Waals surface area (Å²) in [6.07, 6.45) is -0.0915. The Hall–Kier alpha value is -2.93. The van der Waals surface area contributed by atoms with Crippen molar-refractivity contribution in [3.8, 4) is 5.75 Å². The maximum absolute atomic E-state index is 13.1. The van der Waals surface area contributed by atoms with Crippen LogP contribution in [0.3, 0.4) is 0 Å². The smallest absolute Gasteiger partial charge is 0.254 e. The molecule has 2 aromatic carbocycles. The van der Waals surface area contributed by atoms with Crippen LogP contribution in [0, 0.1) is 12.7 Å². The van der Waals surface area contributed by atoms with E-state index in [0.29, 0.717) is 17.9 Å². The maximum Gasteiger partial charge on any atom is 0.254 e. The highest BCUT2D eigenvalue weighted by atomic mass is 19.1. The molecule has 0 unspecified atom stereocenters. The summed E-state index contributed by atoms with van der Waals surface area (Å²) in [5.74, 6) is -0.607. The van der Waals surface area contributed by atoms with E-state index >= 15 is 0 Å². The van der Waals surface area contributed by atoms with Gasteiger partial charge in [0.05, 0.1) is 19.6 Å². The molecule has 2 amide bonds. The Bertz CT molecular complexity index is 856. The third-order valence-electron chi connectivity index (χ3n) is 4.72. The lowest BCUT2D eigenvalue weighted by atomic mass is 9.96. The fourth-order valence-corrected chi connectivity index (χ4v) is 3.31. The Labute approximate surface area is 163 Å². The number of ether oxygens (including phenoxy) is 2. The Kier molecular flexibility index (Phi) is 5.94. The van der Waals surface area contributed by atoms with Gasteiger partial charge >= 0.3 is 0 Å². The van der Waals surface area contributed by atoms with Crippen LogP contribution < -0.4 is 10.5 Å². The third-order valence-corrected chi connectivity index (χ3v) is 4.72. The molecule has 0 spiro atoms. The van der Waals surface area contributed by atoms with Gasteiger partial charge in [0, 0.05) is 12.1 Å². The van der Waals surface area contributed by atoms with E-state index in [1.54, 1.807) is 11.0 Å². The molecule has 1 atom stereocenters. The standard InChI is InChI=1S/C21H23FN2O4/c1-15-4-2-3-5-18(15)20(26)24-10-11-28-21(13-24,12-19(23)25)14-27-17-8-6-16(22)7-9-17/h2-9H,10-14H2,1H3,(H2,23,25)/t21-/m0/s1. The molecule has 0 aromatic heterocycles. The topological polar surface area (TPSA) is 81.9 Å². The van der Waals surface area contributed by atoms with Crippen molar-refractivity contribution in [1.29, 1.82) is 0 Å². The molecular weight excluding hydrogens is 363 g/mol. The van der Waals surface area contributed by atoms with Crippen LogP contribution in [0.2, 0.25) is 0 Å². The van der Waals surface area contributed by atoms with Gasteiger partial charge in [0.25, 0.3) is 5.91 Å². The Balaban J connectivity index is 1.77. The number of hydrogen-bond acceptors (Lipinski definition) is 4. The molecule has 2 aromatic rings. The van der Waals surface area contributed by atoms with Crippen molar-refractivity contribution in [3.05, 3.63) is 65.5 Å². The second-order valence-electron chi connectivity index (χ2n) is 6.96. The van der Waals surface area contributed by atoms with E-state index < -0.39 is 11.5 Å². The highest BCUT2D eigenvalue weighted by molar-refractivity contribution is 5.95. The van der Waals surface area contributed by atoms with E-state index in [4.69, 9.17) is 15.2 Å². The number of rotatable bonds is 6. The van der Waals surface area contributed by atoms with Gasteiger partial charge in [-0.1, -0.05) is 18.2 Å². The number of benzene rings is 2. The normalized spacial score (nSPS) is 19.3. The first kappa shape index (κ1) is 19.8. The number of carbonyl (C=O) groups is 2. The van der Waals surface area contributed by atoms with Gasteiger partial charge in [-0.15, -0.1) is 0 Å². The molecule has 0 radical (unpaired) electrons. The monoisotopic (exact) mass is 386 g/mol. The van der Waals surface area contributed by atoms with Crippen molar-refractivity contribution in [1.82, 2.24) is 4.90 Å². The van der Waals surface area contributed by atoms with Gasteiger partial charge in [0.1, 0.15) is 23.8 Å². The quantitative estimate of drug-likeness (QED) is 0.826. The molecule has 1 aliphatic rings. The summed E-state index contributed by atoms with van der Waals surface area (Å²) in [4.78, 5) is 26.3. The summed E-state index contributed by atoms with van der Waals surface area (Å²) in [6, 6.07) is 12.9. The van der Waals surface area contributed by atoms with Crippen LogP contribution >= 0.6 is 0 Å². The molecule has 0 aliphatic carbocycles.